The SMILES string of the molecule is OC1=CCC(C2Oc3cc(O)cc(O)c3CC2O)C=C1. The van der Waals surface area contributed by atoms with Gasteiger partial charge in [0.1, 0.15) is 29.1 Å². The van der Waals surface area contributed by atoms with Crippen molar-refractivity contribution in [2.45, 2.75) is 25.0 Å². The lowest BCUT2D eigenvalue weighted by atomic mass is 9.86. The number of rotatable bonds is 1. The largest absolute Gasteiger partial charge is 0.508 e. The first-order chi connectivity index (χ1) is 9.54. The Balaban J connectivity index is 1.87. The van der Waals surface area contributed by atoms with Crippen LogP contribution in [0.2, 0.25) is 0 Å². The topological polar surface area (TPSA) is 90.2 Å². The molecule has 0 saturated carbocycles. The first-order valence-corrected chi connectivity index (χ1v) is 6.51. The molecule has 106 valence electrons. The molecule has 3 atom stereocenters. The number of benzene rings is 1. The van der Waals surface area contributed by atoms with Gasteiger partial charge >= 0.3 is 0 Å². The molecule has 1 aromatic carbocycles. The molecule has 0 aromatic heterocycles. The van der Waals surface area contributed by atoms with Gasteiger partial charge in [0.05, 0.1) is 6.10 Å². The van der Waals surface area contributed by atoms with E-state index in [0.29, 0.717) is 17.7 Å². The molecule has 0 fully saturated rings. The molecule has 2 aliphatic rings. The summed E-state index contributed by atoms with van der Waals surface area (Å²) >= 11 is 0. The molecule has 1 heterocycles. The van der Waals surface area contributed by atoms with Gasteiger partial charge in [-0.05, 0) is 18.6 Å². The molecule has 0 saturated heterocycles. The van der Waals surface area contributed by atoms with Crippen LogP contribution in [0.1, 0.15) is 12.0 Å². The lowest BCUT2D eigenvalue weighted by Gasteiger charge is -2.35. The zero-order valence-corrected chi connectivity index (χ0v) is 10.7. The van der Waals surface area contributed by atoms with Crippen molar-refractivity contribution in [3.05, 3.63) is 41.7 Å². The van der Waals surface area contributed by atoms with Crippen LogP contribution in [0, 0.1) is 5.92 Å². The number of ether oxygens (including phenoxy) is 1. The minimum atomic E-state index is -0.749. The number of hydrogen-bond acceptors (Lipinski definition) is 5. The number of aromatic hydroxyl groups is 2. The maximum absolute atomic E-state index is 10.2. The summed E-state index contributed by atoms with van der Waals surface area (Å²) in [6.07, 6.45) is 4.69. The van der Waals surface area contributed by atoms with E-state index < -0.39 is 12.2 Å². The quantitative estimate of drug-likeness (QED) is 0.627. The fourth-order valence-electron chi connectivity index (χ4n) is 2.72. The van der Waals surface area contributed by atoms with Gasteiger partial charge in [0.15, 0.2) is 0 Å². The summed E-state index contributed by atoms with van der Waals surface area (Å²) in [5.41, 5.74) is 0.504. The first kappa shape index (κ1) is 12.9. The molecular formula is C15H16O5. The number of aliphatic hydroxyl groups is 2. The third-order valence-electron chi connectivity index (χ3n) is 3.76. The van der Waals surface area contributed by atoms with Crippen LogP contribution >= 0.6 is 0 Å². The highest BCUT2D eigenvalue weighted by molar-refractivity contribution is 5.51. The second-order valence-electron chi connectivity index (χ2n) is 5.18. The highest BCUT2D eigenvalue weighted by Crippen LogP contribution is 2.40. The van der Waals surface area contributed by atoms with Crippen molar-refractivity contribution in [1.29, 1.82) is 0 Å². The Hall–Kier alpha value is -2.14. The molecule has 1 aliphatic carbocycles. The number of aliphatic hydroxyl groups excluding tert-OH is 2. The minimum Gasteiger partial charge on any atom is -0.508 e. The van der Waals surface area contributed by atoms with Crippen LogP contribution in [-0.2, 0) is 6.42 Å². The van der Waals surface area contributed by atoms with Gasteiger partial charge < -0.3 is 25.2 Å². The summed E-state index contributed by atoms with van der Waals surface area (Å²) in [6.45, 7) is 0. The Bertz CT molecular complexity index is 590. The second-order valence-corrected chi connectivity index (χ2v) is 5.18. The molecule has 4 N–H and O–H groups in total. The fraction of sp³-hybridized carbons (Fsp3) is 0.333. The van der Waals surface area contributed by atoms with E-state index in [1.807, 2.05) is 0 Å². The van der Waals surface area contributed by atoms with E-state index in [2.05, 4.69) is 0 Å². The van der Waals surface area contributed by atoms with Crippen LogP contribution in [0.25, 0.3) is 0 Å². The molecule has 0 amide bonds. The van der Waals surface area contributed by atoms with E-state index in [1.165, 1.54) is 12.1 Å². The highest BCUT2D eigenvalue weighted by Gasteiger charge is 2.35. The Kier molecular flexibility index (Phi) is 3.06. The molecule has 0 spiro atoms. The van der Waals surface area contributed by atoms with Gasteiger partial charge in [0, 0.05) is 30.0 Å². The zero-order chi connectivity index (χ0) is 14.3. The summed E-state index contributed by atoms with van der Waals surface area (Å²) < 4.78 is 5.75. The maximum atomic E-state index is 10.2. The van der Waals surface area contributed by atoms with Crippen molar-refractivity contribution in [2.24, 2.45) is 5.92 Å². The van der Waals surface area contributed by atoms with Gasteiger partial charge in [-0.1, -0.05) is 6.08 Å². The molecule has 0 bridgehead atoms. The molecule has 3 unspecified atom stereocenters. The lowest BCUT2D eigenvalue weighted by molar-refractivity contribution is -0.00224. The van der Waals surface area contributed by atoms with E-state index >= 15 is 0 Å². The molecule has 1 aliphatic heterocycles. The van der Waals surface area contributed by atoms with Crippen molar-refractivity contribution < 1.29 is 25.2 Å². The average molecular weight is 276 g/mol. The third-order valence-corrected chi connectivity index (χ3v) is 3.76. The van der Waals surface area contributed by atoms with Crippen molar-refractivity contribution in [3.8, 4) is 17.2 Å². The van der Waals surface area contributed by atoms with Crippen LogP contribution in [0.4, 0.5) is 0 Å². The van der Waals surface area contributed by atoms with E-state index in [9.17, 15) is 20.4 Å². The first-order valence-electron chi connectivity index (χ1n) is 6.51. The predicted molar refractivity (Wildman–Crippen MR) is 71.9 cm³/mol. The monoisotopic (exact) mass is 276 g/mol. The van der Waals surface area contributed by atoms with Crippen LogP contribution in [-0.4, -0.2) is 32.6 Å². The molecular weight excluding hydrogens is 260 g/mol. The summed E-state index contributed by atoms with van der Waals surface area (Å²) in [5.74, 6) is 0.396. The summed E-state index contributed by atoms with van der Waals surface area (Å²) in [5, 5.41) is 38.8. The smallest absolute Gasteiger partial charge is 0.131 e. The fourth-order valence-corrected chi connectivity index (χ4v) is 2.72. The number of allylic oxidation sites excluding steroid dienone is 2. The molecule has 20 heavy (non-hydrogen) atoms. The standard InChI is InChI=1S/C15H16O5/c16-9-3-1-8(2-4-9)15-13(19)7-11-12(18)5-10(17)6-14(11)20-15/h1,3-6,8,13,15-19H,2,7H2. The Morgan fingerprint density at radius 1 is 1.15 bits per heavy atom. The van der Waals surface area contributed by atoms with Gasteiger partial charge in [0.25, 0.3) is 0 Å². The number of fused-ring (bicyclic) bond motifs is 1. The van der Waals surface area contributed by atoms with Crippen LogP contribution in [0.15, 0.2) is 36.1 Å². The summed E-state index contributed by atoms with van der Waals surface area (Å²) in [7, 11) is 0. The maximum Gasteiger partial charge on any atom is 0.131 e. The van der Waals surface area contributed by atoms with E-state index in [0.717, 1.165) is 0 Å². The van der Waals surface area contributed by atoms with Gasteiger partial charge in [-0.25, -0.2) is 0 Å². The van der Waals surface area contributed by atoms with Gasteiger partial charge in [-0.15, -0.1) is 0 Å². The molecule has 5 nitrogen and oxygen atoms in total. The van der Waals surface area contributed by atoms with Gasteiger partial charge in [0.2, 0.25) is 0 Å². The van der Waals surface area contributed by atoms with E-state index in [4.69, 9.17) is 4.74 Å². The van der Waals surface area contributed by atoms with Crippen molar-refractivity contribution in [1.82, 2.24) is 0 Å². The minimum absolute atomic E-state index is 0.0569. The number of phenols is 2. The zero-order valence-electron chi connectivity index (χ0n) is 10.7. The Labute approximate surface area is 116 Å². The lowest BCUT2D eigenvalue weighted by Crippen LogP contribution is -2.42. The van der Waals surface area contributed by atoms with Crippen molar-refractivity contribution in [2.75, 3.05) is 0 Å². The molecule has 1 aromatic rings. The second kappa shape index (κ2) is 4.76. The van der Waals surface area contributed by atoms with Crippen LogP contribution in [0.5, 0.6) is 17.2 Å². The number of hydrogen-bond donors (Lipinski definition) is 4. The van der Waals surface area contributed by atoms with Gasteiger partial charge in [-0.3, -0.25) is 0 Å². The summed E-state index contributed by atoms with van der Waals surface area (Å²) in [6, 6.07) is 2.67. The highest BCUT2D eigenvalue weighted by atomic mass is 16.5. The molecule has 0 radical (unpaired) electrons. The molecule has 3 rings (SSSR count). The van der Waals surface area contributed by atoms with Crippen LogP contribution < -0.4 is 4.74 Å². The van der Waals surface area contributed by atoms with E-state index in [1.54, 1.807) is 18.2 Å². The van der Waals surface area contributed by atoms with Crippen molar-refractivity contribution in [3.63, 3.8) is 0 Å². The van der Waals surface area contributed by atoms with Crippen molar-refractivity contribution >= 4 is 0 Å². The Morgan fingerprint density at radius 3 is 2.65 bits per heavy atom. The predicted octanol–water partition coefficient (Wildman–Crippen LogP) is 1.78. The average Bonchev–Trinajstić information content (AvgIpc) is 2.40. The molecule has 5 heteroatoms. The third kappa shape index (κ3) is 2.20. The summed E-state index contributed by atoms with van der Waals surface area (Å²) in [4.78, 5) is 0. The Morgan fingerprint density at radius 2 is 1.95 bits per heavy atom. The van der Waals surface area contributed by atoms with Gasteiger partial charge in [-0.2, -0.15) is 0 Å². The number of phenolic OH excluding ortho intramolecular Hbond substituents is 2. The van der Waals surface area contributed by atoms with E-state index in [-0.39, 0.29) is 29.6 Å². The van der Waals surface area contributed by atoms with Crippen LogP contribution in [0.3, 0.4) is 0 Å². The normalized spacial score (nSPS) is 28.4.